The van der Waals surface area contributed by atoms with E-state index < -0.39 is 0 Å². The number of aromatic nitrogens is 4. The van der Waals surface area contributed by atoms with Gasteiger partial charge in [0.25, 0.3) is 5.78 Å². The topological polar surface area (TPSA) is 63.4 Å². The SMILES string of the molecule is CCC(CC)N(CCc1ccccc1)C(=O)Cc1cnc2ncnn2c1. The Morgan fingerprint density at radius 1 is 1.12 bits per heavy atom. The highest BCUT2D eigenvalue weighted by molar-refractivity contribution is 5.79. The van der Waals surface area contributed by atoms with E-state index in [1.165, 1.54) is 11.9 Å². The van der Waals surface area contributed by atoms with Crippen LogP contribution in [-0.2, 0) is 17.6 Å². The molecule has 0 saturated heterocycles. The number of carbonyl (C=O) groups excluding carboxylic acids is 1. The summed E-state index contributed by atoms with van der Waals surface area (Å²) in [6.45, 7) is 5.01. The minimum Gasteiger partial charge on any atom is -0.339 e. The largest absolute Gasteiger partial charge is 0.339 e. The van der Waals surface area contributed by atoms with Crippen LogP contribution >= 0.6 is 0 Å². The van der Waals surface area contributed by atoms with Gasteiger partial charge in [0, 0.05) is 25.0 Å². The van der Waals surface area contributed by atoms with Gasteiger partial charge in [-0.15, -0.1) is 0 Å². The molecule has 1 aromatic carbocycles. The normalized spacial score (nSPS) is 11.2. The van der Waals surface area contributed by atoms with E-state index in [0.717, 1.165) is 31.4 Å². The Bertz CT molecular complexity index is 842. The molecule has 0 unspecified atom stereocenters. The number of benzene rings is 1. The summed E-state index contributed by atoms with van der Waals surface area (Å²) >= 11 is 0. The average Bonchev–Trinajstić information content (AvgIpc) is 3.13. The van der Waals surface area contributed by atoms with E-state index in [1.54, 1.807) is 10.7 Å². The molecule has 0 fully saturated rings. The monoisotopic (exact) mass is 351 g/mol. The highest BCUT2D eigenvalue weighted by Crippen LogP contribution is 2.13. The molecule has 0 radical (unpaired) electrons. The second-order valence-electron chi connectivity index (χ2n) is 6.44. The molecule has 6 heteroatoms. The molecule has 0 atom stereocenters. The summed E-state index contributed by atoms with van der Waals surface area (Å²) in [4.78, 5) is 23.3. The molecule has 3 rings (SSSR count). The maximum atomic E-state index is 13.0. The van der Waals surface area contributed by atoms with Gasteiger partial charge in [0.05, 0.1) is 6.42 Å². The van der Waals surface area contributed by atoms with E-state index in [9.17, 15) is 4.79 Å². The zero-order valence-corrected chi connectivity index (χ0v) is 15.4. The van der Waals surface area contributed by atoms with Gasteiger partial charge in [-0.3, -0.25) is 4.79 Å². The fraction of sp³-hybridized carbons (Fsp3) is 0.400. The molecule has 1 amide bonds. The van der Waals surface area contributed by atoms with E-state index in [-0.39, 0.29) is 11.9 Å². The predicted molar refractivity (Wildman–Crippen MR) is 101 cm³/mol. The molecular weight excluding hydrogens is 326 g/mol. The fourth-order valence-electron chi connectivity index (χ4n) is 3.26. The summed E-state index contributed by atoms with van der Waals surface area (Å²) in [6, 6.07) is 10.6. The molecule has 0 bridgehead atoms. The van der Waals surface area contributed by atoms with Crippen molar-refractivity contribution in [1.29, 1.82) is 0 Å². The van der Waals surface area contributed by atoms with Crippen molar-refractivity contribution in [3.8, 4) is 0 Å². The highest BCUT2D eigenvalue weighted by Gasteiger charge is 2.21. The fourth-order valence-corrected chi connectivity index (χ4v) is 3.26. The van der Waals surface area contributed by atoms with E-state index in [1.807, 2.05) is 29.3 Å². The number of amides is 1. The van der Waals surface area contributed by atoms with Crippen molar-refractivity contribution < 1.29 is 4.79 Å². The van der Waals surface area contributed by atoms with Gasteiger partial charge in [0.1, 0.15) is 6.33 Å². The second kappa shape index (κ2) is 8.56. The first-order valence-corrected chi connectivity index (χ1v) is 9.19. The Hall–Kier alpha value is -2.76. The number of carbonyl (C=O) groups is 1. The number of nitrogens with zero attached hydrogens (tertiary/aromatic N) is 5. The van der Waals surface area contributed by atoms with Crippen molar-refractivity contribution >= 4 is 11.7 Å². The third-order valence-corrected chi connectivity index (χ3v) is 4.73. The smallest absolute Gasteiger partial charge is 0.252 e. The van der Waals surface area contributed by atoms with Gasteiger partial charge >= 0.3 is 0 Å². The third kappa shape index (κ3) is 4.25. The summed E-state index contributed by atoms with van der Waals surface area (Å²) in [5.41, 5.74) is 2.10. The maximum absolute atomic E-state index is 13.0. The highest BCUT2D eigenvalue weighted by atomic mass is 16.2. The number of fused-ring (bicyclic) bond motifs is 1. The molecule has 0 spiro atoms. The van der Waals surface area contributed by atoms with Gasteiger partial charge in [-0.05, 0) is 30.4 Å². The minimum atomic E-state index is 0.135. The molecule has 6 nitrogen and oxygen atoms in total. The molecule has 0 saturated carbocycles. The maximum Gasteiger partial charge on any atom is 0.252 e. The van der Waals surface area contributed by atoms with E-state index in [4.69, 9.17) is 0 Å². The molecule has 136 valence electrons. The Morgan fingerprint density at radius 2 is 1.88 bits per heavy atom. The van der Waals surface area contributed by atoms with Crippen LogP contribution in [0.1, 0.15) is 37.8 Å². The van der Waals surface area contributed by atoms with Crippen molar-refractivity contribution in [3.05, 3.63) is 60.2 Å². The molecule has 0 aliphatic heterocycles. The van der Waals surface area contributed by atoms with E-state index in [0.29, 0.717) is 12.2 Å². The molecule has 2 aromatic heterocycles. The van der Waals surface area contributed by atoms with Crippen molar-refractivity contribution in [2.75, 3.05) is 6.54 Å². The van der Waals surface area contributed by atoms with Crippen LogP contribution < -0.4 is 0 Å². The Labute approximate surface area is 153 Å². The summed E-state index contributed by atoms with van der Waals surface area (Å²) < 4.78 is 1.61. The lowest BCUT2D eigenvalue weighted by Crippen LogP contribution is -2.42. The van der Waals surface area contributed by atoms with Gasteiger partial charge in [-0.2, -0.15) is 10.1 Å². The molecule has 0 aliphatic carbocycles. The lowest BCUT2D eigenvalue weighted by Gasteiger charge is -2.31. The van der Waals surface area contributed by atoms with Crippen LogP contribution in [0.3, 0.4) is 0 Å². The molecule has 26 heavy (non-hydrogen) atoms. The standard InChI is InChI=1S/C20H25N5O/c1-3-18(4-2)24(11-10-16-8-6-5-7-9-16)19(26)12-17-13-21-20-22-15-23-25(20)14-17/h5-9,13-15,18H,3-4,10-12H2,1-2H3. The van der Waals surface area contributed by atoms with Gasteiger partial charge in [-0.25, -0.2) is 9.50 Å². The zero-order valence-electron chi connectivity index (χ0n) is 15.4. The minimum absolute atomic E-state index is 0.135. The molecule has 0 aliphatic rings. The molecule has 3 aromatic rings. The summed E-state index contributed by atoms with van der Waals surface area (Å²) in [7, 11) is 0. The first-order chi connectivity index (χ1) is 12.7. The zero-order chi connectivity index (χ0) is 18.4. The van der Waals surface area contributed by atoms with Crippen LogP contribution in [0.2, 0.25) is 0 Å². The molecule has 0 N–H and O–H groups in total. The average molecular weight is 351 g/mol. The second-order valence-corrected chi connectivity index (χ2v) is 6.44. The Balaban J connectivity index is 1.72. The quantitative estimate of drug-likeness (QED) is 0.626. The van der Waals surface area contributed by atoms with Crippen LogP contribution in [0.25, 0.3) is 5.78 Å². The van der Waals surface area contributed by atoms with Crippen LogP contribution in [-0.4, -0.2) is 43.0 Å². The predicted octanol–water partition coefficient (Wildman–Crippen LogP) is 2.93. The molecular formula is C20H25N5O. The number of hydrogen-bond acceptors (Lipinski definition) is 4. The third-order valence-electron chi connectivity index (χ3n) is 4.73. The summed E-state index contributed by atoms with van der Waals surface area (Å²) in [6.07, 6.45) is 8.11. The summed E-state index contributed by atoms with van der Waals surface area (Å²) in [5, 5.41) is 4.09. The lowest BCUT2D eigenvalue weighted by molar-refractivity contribution is -0.133. The first kappa shape index (κ1) is 18.0. The van der Waals surface area contributed by atoms with Gasteiger partial charge in [0.2, 0.25) is 5.91 Å². The van der Waals surface area contributed by atoms with Crippen molar-refractivity contribution in [2.24, 2.45) is 0 Å². The van der Waals surface area contributed by atoms with Gasteiger partial charge < -0.3 is 4.90 Å². The first-order valence-electron chi connectivity index (χ1n) is 9.19. The van der Waals surface area contributed by atoms with Gasteiger partial charge in [0.15, 0.2) is 0 Å². The molecule has 2 heterocycles. The number of rotatable bonds is 8. The summed E-state index contributed by atoms with van der Waals surface area (Å²) in [5.74, 6) is 0.679. The van der Waals surface area contributed by atoms with Crippen molar-refractivity contribution in [3.63, 3.8) is 0 Å². The van der Waals surface area contributed by atoms with Crippen LogP contribution in [0.4, 0.5) is 0 Å². The Kier molecular flexibility index (Phi) is 5.94. The van der Waals surface area contributed by atoms with Crippen LogP contribution in [0, 0.1) is 0 Å². The van der Waals surface area contributed by atoms with Crippen LogP contribution in [0.5, 0.6) is 0 Å². The van der Waals surface area contributed by atoms with Crippen molar-refractivity contribution in [2.45, 2.75) is 45.6 Å². The van der Waals surface area contributed by atoms with Gasteiger partial charge in [-0.1, -0.05) is 44.2 Å². The lowest BCUT2D eigenvalue weighted by atomic mass is 10.1. The van der Waals surface area contributed by atoms with E-state index >= 15 is 0 Å². The Morgan fingerprint density at radius 3 is 2.62 bits per heavy atom. The van der Waals surface area contributed by atoms with Crippen LogP contribution in [0.15, 0.2) is 49.1 Å². The van der Waals surface area contributed by atoms with E-state index in [2.05, 4.69) is 41.0 Å². The van der Waals surface area contributed by atoms with Crippen molar-refractivity contribution in [1.82, 2.24) is 24.5 Å². The number of hydrogen-bond donors (Lipinski definition) is 0.